The number of hydrogen-bond acceptors (Lipinski definition) is 5. The Kier molecular flexibility index (Phi) is 13.9. The summed E-state index contributed by atoms with van der Waals surface area (Å²) in [7, 11) is 1.81. The number of nitrogens with one attached hydrogen (secondary N) is 1. The molecule has 0 heterocycles. The van der Waals surface area contributed by atoms with Crippen LogP contribution in [0.2, 0.25) is 0 Å². The van der Waals surface area contributed by atoms with Gasteiger partial charge >= 0.3 is 5.97 Å². The van der Waals surface area contributed by atoms with Gasteiger partial charge in [0.05, 0.1) is 6.04 Å². The SMILES string of the molecule is CCCCCCCCC(=O)N(C)c1cccc(-c2ccc(C[C@H](NC(=O)C(N)CCSC)C(=O)O)cc2)c1. The highest BCUT2D eigenvalue weighted by Crippen LogP contribution is 2.25. The summed E-state index contributed by atoms with van der Waals surface area (Å²) >= 11 is 1.59. The van der Waals surface area contributed by atoms with Crippen molar-refractivity contribution < 1.29 is 19.5 Å². The van der Waals surface area contributed by atoms with E-state index in [1.54, 1.807) is 16.7 Å². The van der Waals surface area contributed by atoms with E-state index in [4.69, 9.17) is 5.73 Å². The number of thioether (sulfide) groups is 1. The maximum atomic E-state index is 12.7. The van der Waals surface area contributed by atoms with E-state index in [0.717, 1.165) is 41.0 Å². The first-order chi connectivity index (χ1) is 18.3. The van der Waals surface area contributed by atoms with Gasteiger partial charge in [-0.3, -0.25) is 9.59 Å². The second kappa shape index (κ2) is 16.9. The summed E-state index contributed by atoms with van der Waals surface area (Å²) in [4.78, 5) is 38.5. The monoisotopic (exact) mass is 541 g/mol. The van der Waals surface area contributed by atoms with Crippen molar-refractivity contribution in [3.05, 3.63) is 54.1 Å². The minimum absolute atomic E-state index is 0.114. The van der Waals surface area contributed by atoms with E-state index >= 15 is 0 Å². The van der Waals surface area contributed by atoms with Crippen LogP contribution in [0.3, 0.4) is 0 Å². The molecule has 2 aromatic rings. The van der Waals surface area contributed by atoms with E-state index < -0.39 is 24.0 Å². The number of benzene rings is 2. The predicted octanol–water partition coefficient (Wildman–Crippen LogP) is 5.26. The molecule has 0 fully saturated rings. The first-order valence-corrected chi connectivity index (χ1v) is 14.9. The third-order valence-electron chi connectivity index (χ3n) is 6.66. The number of rotatable bonds is 17. The van der Waals surface area contributed by atoms with Crippen LogP contribution < -0.4 is 16.0 Å². The fourth-order valence-electron chi connectivity index (χ4n) is 4.19. The molecule has 0 aliphatic heterocycles. The Hall–Kier alpha value is -2.84. The van der Waals surface area contributed by atoms with Crippen LogP contribution in [-0.2, 0) is 20.8 Å². The van der Waals surface area contributed by atoms with Crippen molar-refractivity contribution in [1.82, 2.24) is 5.32 Å². The van der Waals surface area contributed by atoms with Crippen molar-refractivity contribution in [1.29, 1.82) is 0 Å². The maximum absolute atomic E-state index is 12.7. The fourth-order valence-corrected chi connectivity index (χ4v) is 4.68. The highest BCUT2D eigenvalue weighted by Gasteiger charge is 2.23. The van der Waals surface area contributed by atoms with Gasteiger partial charge in [0.25, 0.3) is 0 Å². The fraction of sp³-hybridized carbons (Fsp3) is 0.500. The molecule has 0 radical (unpaired) electrons. The number of carboxylic acid groups (broad SMARTS) is 1. The van der Waals surface area contributed by atoms with E-state index in [1.165, 1.54) is 25.7 Å². The van der Waals surface area contributed by atoms with E-state index in [9.17, 15) is 19.5 Å². The minimum Gasteiger partial charge on any atom is -0.480 e. The van der Waals surface area contributed by atoms with Gasteiger partial charge in [-0.25, -0.2) is 4.79 Å². The van der Waals surface area contributed by atoms with Gasteiger partial charge in [0.1, 0.15) is 6.04 Å². The van der Waals surface area contributed by atoms with E-state index in [1.807, 2.05) is 61.8 Å². The molecule has 7 nitrogen and oxygen atoms in total. The normalized spacial score (nSPS) is 12.5. The number of unbranched alkanes of at least 4 members (excludes halogenated alkanes) is 5. The number of nitrogens with zero attached hydrogens (tertiary/aromatic N) is 1. The summed E-state index contributed by atoms with van der Waals surface area (Å²) < 4.78 is 0. The second-order valence-corrected chi connectivity index (χ2v) is 10.7. The quantitative estimate of drug-likeness (QED) is 0.236. The zero-order chi connectivity index (χ0) is 27.9. The van der Waals surface area contributed by atoms with Crippen LogP contribution in [0.4, 0.5) is 5.69 Å². The Morgan fingerprint density at radius 2 is 1.68 bits per heavy atom. The van der Waals surface area contributed by atoms with E-state index in [2.05, 4.69) is 12.2 Å². The molecule has 4 N–H and O–H groups in total. The smallest absolute Gasteiger partial charge is 0.326 e. The number of carbonyl (C=O) groups is 3. The number of nitrogens with two attached hydrogens (primary N) is 1. The molecule has 38 heavy (non-hydrogen) atoms. The molecule has 1 unspecified atom stereocenters. The lowest BCUT2D eigenvalue weighted by Crippen LogP contribution is -2.49. The molecule has 0 aromatic heterocycles. The Bertz CT molecular complexity index is 1030. The molecule has 0 aliphatic carbocycles. The summed E-state index contributed by atoms with van der Waals surface area (Å²) in [5.41, 5.74) is 9.45. The van der Waals surface area contributed by atoms with Crippen molar-refractivity contribution in [2.75, 3.05) is 24.0 Å². The average Bonchev–Trinajstić information content (AvgIpc) is 2.92. The molecule has 2 rings (SSSR count). The van der Waals surface area contributed by atoms with Crippen LogP contribution in [0.5, 0.6) is 0 Å². The Morgan fingerprint density at radius 3 is 2.34 bits per heavy atom. The molecule has 8 heteroatoms. The molecular weight excluding hydrogens is 498 g/mol. The Balaban J connectivity index is 1.99. The molecule has 0 saturated heterocycles. The van der Waals surface area contributed by atoms with Crippen LogP contribution in [0, 0.1) is 0 Å². The van der Waals surface area contributed by atoms with Gasteiger partial charge in [-0.05, 0) is 53.7 Å². The van der Waals surface area contributed by atoms with Crippen LogP contribution >= 0.6 is 11.8 Å². The first-order valence-electron chi connectivity index (χ1n) is 13.5. The molecule has 2 amide bonds. The zero-order valence-electron chi connectivity index (χ0n) is 22.9. The summed E-state index contributed by atoms with van der Waals surface area (Å²) in [5, 5.41) is 12.2. The summed E-state index contributed by atoms with van der Waals surface area (Å²) in [6.45, 7) is 2.20. The van der Waals surface area contributed by atoms with Crippen LogP contribution in [0.1, 0.15) is 63.9 Å². The van der Waals surface area contributed by atoms with Gasteiger partial charge in [0.15, 0.2) is 0 Å². The number of carboxylic acids is 1. The van der Waals surface area contributed by atoms with E-state index in [-0.39, 0.29) is 12.3 Å². The second-order valence-electron chi connectivity index (χ2n) is 9.71. The summed E-state index contributed by atoms with van der Waals surface area (Å²) in [5.74, 6) is -0.697. The number of amides is 2. The van der Waals surface area contributed by atoms with Crippen LogP contribution in [0.15, 0.2) is 48.5 Å². The number of aliphatic carboxylic acids is 1. The molecule has 0 spiro atoms. The summed E-state index contributed by atoms with van der Waals surface area (Å²) in [6, 6.07) is 13.7. The number of anilines is 1. The van der Waals surface area contributed by atoms with E-state index in [0.29, 0.717) is 12.8 Å². The highest BCUT2D eigenvalue weighted by molar-refractivity contribution is 7.98. The zero-order valence-corrected chi connectivity index (χ0v) is 23.8. The molecular formula is C30H43N3O4S. The van der Waals surface area contributed by atoms with Crippen molar-refractivity contribution in [3.63, 3.8) is 0 Å². The van der Waals surface area contributed by atoms with Crippen LogP contribution in [0.25, 0.3) is 11.1 Å². The van der Waals surface area contributed by atoms with Crippen molar-refractivity contribution >= 4 is 35.2 Å². The van der Waals surface area contributed by atoms with Gasteiger partial charge in [-0.1, -0.05) is 75.4 Å². The molecule has 0 saturated carbocycles. The van der Waals surface area contributed by atoms with Gasteiger partial charge < -0.3 is 21.1 Å². The number of carbonyl (C=O) groups excluding carboxylic acids is 2. The molecule has 2 atom stereocenters. The molecule has 2 aromatic carbocycles. The Labute approximate surface area is 231 Å². The molecule has 0 aliphatic rings. The Morgan fingerprint density at radius 1 is 1.00 bits per heavy atom. The predicted molar refractivity (Wildman–Crippen MR) is 158 cm³/mol. The lowest BCUT2D eigenvalue weighted by atomic mass is 10.00. The van der Waals surface area contributed by atoms with Gasteiger partial charge in [0, 0.05) is 25.6 Å². The van der Waals surface area contributed by atoms with Gasteiger partial charge in [0.2, 0.25) is 11.8 Å². The molecule has 0 bridgehead atoms. The van der Waals surface area contributed by atoms with Crippen LogP contribution in [-0.4, -0.2) is 54.0 Å². The topological polar surface area (TPSA) is 113 Å². The highest BCUT2D eigenvalue weighted by atomic mass is 32.2. The third kappa shape index (κ3) is 10.5. The average molecular weight is 542 g/mol. The number of hydrogen-bond donors (Lipinski definition) is 3. The van der Waals surface area contributed by atoms with Gasteiger partial charge in [-0.2, -0.15) is 11.8 Å². The van der Waals surface area contributed by atoms with Gasteiger partial charge in [-0.15, -0.1) is 0 Å². The minimum atomic E-state index is -1.10. The lowest BCUT2D eigenvalue weighted by molar-refractivity contribution is -0.142. The van der Waals surface area contributed by atoms with Crippen molar-refractivity contribution in [3.8, 4) is 11.1 Å². The van der Waals surface area contributed by atoms with Crippen molar-refractivity contribution in [2.24, 2.45) is 5.73 Å². The first kappa shape index (κ1) is 31.4. The molecule has 208 valence electrons. The maximum Gasteiger partial charge on any atom is 0.326 e. The van der Waals surface area contributed by atoms with Crippen molar-refractivity contribution in [2.45, 2.75) is 76.8 Å². The summed E-state index contributed by atoms with van der Waals surface area (Å²) in [6.07, 6.45) is 10.0. The lowest BCUT2D eigenvalue weighted by Gasteiger charge is -2.19. The standard InChI is InChI=1S/C30H43N3O4S/c1-4-5-6-7-8-9-13-28(34)33(2)25-12-10-11-24(21-25)23-16-14-22(15-17-23)20-27(30(36)37)32-29(35)26(31)18-19-38-3/h10-12,14-17,21,26-27H,4-9,13,18-20,31H2,1-3H3,(H,32,35)(H,36,37)/t26?,27-/m0/s1. The largest absolute Gasteiger partial charge is 0.480 e. The third-order valence-corrected chi connectivity index (χ3v) is 7.31.